The summed E-state index contributed by atoms with van der Waals surface area (Å²) in [4.78, 5) is 40.2. The molecule has 3 N–H and O–H groups in total. The van der Waals surface area contributed by atoms with Gasteiger partial charge >= 0.3 is 0 Å². The Hall–Kier alpha value is -4.67. The van der Waals surface area contributed by atoms with Crippen LogP contribution in [-0.2, 0) is 9.59 Å². The smallest absolute Gasteiger partial charge is 0.272 e. The van der Waals surface area contributed by atoms with Crippen LogP contribution in [0.4, 0.5) is 11.4 Å². The molecule has 5 rings (SSSR count). The predicted molar refractivity (Wildman–Crippen MR) is 192 cm³/mol. The molecule has 5 aromatic rings. The summed E-state index contributed by atoms with van der Waals surface area (Å²) in [6, 6.07) is 41.4. The van der Waals surface area contributed by atoms with E-state index in [0.717, 1.165) is 30.8 Å². The molecule has 0 aliphatic carbocycles. The number of hydrogen-bond acceptors (Lipinski definition) is 4. The van der Waals surface area contributed by atoms with Crippen molar-refractivity contribution < 1.29 is 14.4 Å². The Kier molecular flexibility index (Phi) is 10.8. The highest BCUT2D eigenvalue weighted by Crippen LogP contribution is 2.27. The zero-order valence-corrected chi connectivity index (χ0v) is 27.3. The summed E-state index contributed by atoms with van der Waals surface area (Å²) in [7, 11) is 0. The molecule has 0 spiro atoms. The molecule has 0 fully saturated rings. The molecule has 0 radical (unpaired) electrons. The van der Waals surface area contributed by atoms with Gasteiger partial charge in [0, 0.05) is 25.4 Å². The second-order valence-corrected chi connectivity index (χ2v) is 12.8. The molecule has 0 saturated heterocycles. The van der Waals surface area contributed by atoms with Crippen LogP contribution in [0.1, 0.15) is 22.8 Å². The minimum atomic E-state index is -0.474. The Bertz CT molecular complexity index is 1810. The van der Waals surface area contributed by atoms with Gasteiger partial charge in [-0.3, -0.25) is 14.4 Å². The van der Waals surface area contributed by atoms with E-state index < -0.39 is 11.8 Å². The zero-order chi connectivity index (χ0) is 31.6. The molecule has 5 aromatic carbocycles. The third-order valence-corrected chi connectivity index (χ3v) is 8.56. The van der Waals surface area contributed by atoms with Gasteiger partial charge in [0.25, 0.3) is 11.8 Å². The number of thioether (sulfide) groups is 1. The fraction of sp³-hybridized carbons (Fsp3) is 0.0541. The van der Waals surface area contributed by atoms with Crippen LogP contribution in [-0.4, -0.2) is 23.0 Å². The molecule has 8 heteroatoms. The van der Waals surface area contributed by atoms with Crippen LogP contribution >= 0.6 is 34.4 Å². The highest BCUT2D eigenvalue weighted by molar-refractivity contribution is 14.1. The van der Waals surface area contributed by atoms with E-state index in [1.165, 1.54) is 11.8 Å². The second kappa shape index (κ2) is 15.4. The SMILES string of the molecule is CC(Sc1cccc(NC(=O)/C(=C\c2ccc(-c3ccccc3)cc2)NC(=O)c2ccccc2)c1)C(=O)Nc1ccc(I)cc1. The van der Waals surface area contributed by atoms with Crippen molar-refractivity contribution in [3.05, 3.63) is 154 Å². The van der Waals surface area contributed by atoms with Crippen molar-refractivity contribution in [2.45, 2.75) is 17.1 Å². The predicted octanol–water partition coefficient (Wildman–Crippen LogP) is 8.49. The number of rotatable bonds is 10. The molecule has 1 atom stereocenters. The highest BCUT2D eigenvalue weighted by atomic mass is 127. The molecule has 0 aliphatic heterocycles. The van der Waals surface area contributed by atoms with Crippen molar-refractivity contribution in [2.24, 2.45) is 0 Å². The first-order chi connectivity index (χ1) is 21.8. The normalized spacial score (nSPS) is 11.7. The second-order valence-electron chi connectivity index (χ2n) is 10.1. The topological polar surface area (TPSA) is 87.3 Å². The summed E-state index contributed by atoms with van der Waals surface area (Å²) in [5.41, 5.74) is 4.69. The van der Waals surface area contributed by atoms with Crippen molar-refractivity contribution in [1.29, 1.82) is 0 Å². The lowest BCUT2D eigenvalue weighted by atomic mass is 10.0. The van der Waals surface area contributed by atoms with Crippen LogP contribution in [0.5, 0.6) is 0 Å². The van der Waals surface area contributed by atoms with Crippen LogP contribution in [0.3, 0.4) is 0 Å². The standard InChI is InChI=1S/C37H30IN3O3S/c1-25(35(42)39-31-21-19-30(38)20-22-31)45-33-14-8-13-32(24-33)40-37(44)34(41-36(43)29-11-6-3-7-12-29)23-26-15-17-28(18-16-26)27-9-4-2-5-10-27/h2-25H,1H3,(H,39,42)(H,40,44)(H,41,43)/b34-23+. The molecule has 3 amide bonds. The van der Waals surface area contributed by atoms with Gasteiger partial charge in [-0.1, -0.05) is 78.9 Å². The molecular weight excluding hydrogens is 693 g/mol. The maximum absolute atomic E-state index is 13.6. The van der Waals surface area contributed by atoms with Crippen LogP contribution in [0.2, 0.25) is 0 Å². The lowest BCUT2D eigenvalue weighted by molar-refractivity contribution is -0.115. The Morgan fingerprint density at radius 1 is 0.689 bits per heavy atom. The van der Waals surface area contributed by atoms with E-state index in [2.05, 4.69) is 38.5 Å². The largest absolute Gasteiger partial charge is 0.325 e. The van der Waals surface area contributed by atoms with Gasteiger partial charge < -0.3 is 16.0 Å². The molecule has 1 unspecified atom stereocenters. The summed E-state index contributed by atoms with van der Waals surface area (Å²) >= 11 is 3.60. The first-order valence-corrected chi connectivity index (χ1v) is 16.2. The maximum atomic E-state index is 13.6. The molecule has 45 heavy (non-hydrogen) atoms. The first kappa shape index (κ1) is 31.7. The zero-order valence-electron chi connectivity index (χ0n) is 24.4. The minimum Gasteiger partial charge on any atom is -0.325 e. The van der Waals surface area contributed by atoms with E-state index in [1.54, 1.807) is 36.4 Å². The van der Waals surface area contributed by atoms with E-state index in [9.17, 15) is 14.4 Å². The summed E-state index contributed by atoms with van der Waals surface area (Å²) < 4.78 is 1.09. The van der Waals surface area contributed by atoms with E-state index in [-0.39, 0.29) is 16.9 Å². The van der Waals surface area contributed by atoms with Gasteiger partial charge in [-0.05, 0) is 107 Å². The van der Waals surface area contributed by atoms with Crippen LogP contribution in [0.25, 0.3) is 17.2 Å². The third kappa shape index (κ3) is 9.17. The van der Waals surface area contributed by atoms with Crippen LogP contribution < -0.4 is 16.0 Å². The molecule has 0 aromatic heterocycles. The number of nitrogens with one attached hydrogen (secondary N) is 3. The summed E-state index contributed by atoms with van der Waals surface area (Å²) in [5.74, 6) is -0.990. The number of anilines is 2. The Labute approximate surface area is 280 Å². The van der Waals surface area contributed by atoms with E-state index >= 15 is 0 Å². The lowest BCUT2D eigenvalue weighted by Gasteiger charge is -2.14. The van der Waals surface area contributed by atoms with E-state index in [0.29, 0.717) is 11.3 Å². The monoisotopic (exact) mass is 723 g/mol. The molecular formula is C37H30IN3O3S. The summed E-state index contributed by atoms with van der Waals surface area (Å²) in [5, 5.41) is 8.25. The van der Waals surface area contributed by atoms with Crippen molar-refractivity contribution in [3.8, 4) is 11.1 Å². The van der Waals surface area contributed by atoms with Crippen molar-refractivity contribution in [2.75, 3.05) is 10.6 Å². The van der Waals surface area contributed by atoms with Gasteiger partial charge in [-0.25, -0.2) is 0 Å². The third-order valence-electron chi connectivity index (χ3n) is 6.74. The van der Waals surface area contributed by atoms with Gasteiger partial charge in [-0.15, -0.1) is 11.8 Å². The summed E-state index contributed by atoms with van der Waals surface area (Å²) in [6.45, 7) is 1.83. The molecule has 0 aliphatic rings. The van der Waals surface area contributed by atoms with Crippen LogP contribution in [0, 0.1) is 3.57 Å². The number of carbonyl (C=O) groups excluding carboxylic acids is 3. The van der Waals surface area contributed by atoms with Crippen molar-refractivity contribution >= 4 is 69.5 Å². The van der Waals surface area contributed by atoms with Crippen molar-refractivity contribution in [1.82, 2.24) is 5.32 Å². The molecule has 0 bridgehead atoms. The number of amides is 3. The van der Waals surface area contributed by atoms with E-state index in [1.807, 2.05) is 110 Å². The van der Waals surface area contributed by atoms with Gasteiger partial charge in [0.15, 0.2) is 0 Å². The number of halogens is 1. The lowest BCUT2D eigenvalue weighted by Crippen LogP contribution is -2.30. The van der Waals surface area contributed by atoms with Gasteiger partial charge in [0.05, 0.1) is 5.25 Å². The van der Waals surface area contributed by atoms with Gasteiger partial charge in [-0.2, -0.15) is 0 Å². The average Bonchev–Trinajstić information content (AvgIpc) is 3.06. The highest BCUT2D eigenvalue weighted by Gasteiger charge is 2.17. The Morgan fingerprint density at radius 3 is 2.02 bits per heavy atom. The van der Waals surface area contributed by atoms with E-state index in [4.69, 9.17) is 0 Å². The molecule has 224 valence electrons. The Balaban J connectivity index is 1.31. The number of hydrogen-bond donors (Lipinski definition) is 3. The fourth-order valence-electron chi connectivity index (χ4n) is 4.39. The van der Waals surface area contributed by atoms with Gasteiger partial charge in [0.2, 0.25) is 5.91 Å². The van der Waals surface area contributed by atoms with Crippen LogP contribution in [0.15, 0.2) is 144 Å². The fourth-order valence-corrected chi connectivity index (χ4v) is 5.68. The molecule has 6 nitrogen and oxygen atoms in total. The number of carbonyl (C=O) groups is 3. The average molecular weight is 724 g/mol. The quantitative estimate of drug-likeness (QED) is 0.0767. The summed E-state index contributed by atoms with van der Waals surface area (Å²) in [6.07, 6.45) is 1.65. The van der Waals surface area contributed by atoms with Gasteiger partial charge in [0.1, 0.15) is 5.70 Å². The molecule has 0 saturated carbocycles. The first-order valence-electron chi connectivity index (χ1n) is 14.2. The maximum Gasteiger partial charge on any atom is 0.272 e. The van der Waals surface area contributed by atoms with Crippen molar-refractivity contribution in [3.63, 3.8) is 0 Å². The molecule has 0 heterocycles. The minimum absolute atomic E-state index is 0.0969. The Morgan fingerprint density at radius 2 is 1.33 bits per heavy atom. The number of benzene rings is 5.